The van der Waals surface area contributed by atoms with Crippen molar-refractivity contribution in [1.82, 2.24) is 0 Å². The van der Waals surface area contributed by atoms with Gasteiger partial charge >= 0.3 is 0 Å². The molecule has 0 spiro atoms. The highest BCUT2D eigenvalue weighted by Gasteiger charge is 2.14. The molecule has 2 N–H and O–H groups in total. The minimum atomic E-state index is -0.502. The lowest BCUT2D eigenvalue weighted by atomic mass is 10.2. The van der Waals surface area contributed by atoms with E-state index < -0.39 is 11.7 Å². The number of para-hydroxylation sites is 2. The summed E-state index contributed by atoms with van der Waals surface area (Å²) in [6, 6.07) is 19.2. The topological polar surface area (TPSA) is 67.4 Å². The molecule has 0 aliphatic heterocycles. The van der Waals surface area contributed by atoms with Crippen LogP contribution in [0.3, 0.4) is 0 Å². The number of hydrogen-bond acceptors (Lipinski definition) is 3. The molecule has 142 valence electrons. The van der Waals surface area contributed by atoms with E-state index in [-0.39, 0.29) is 29.0 Å². The zero-order chi connectivity index (χ0) is 19.9. The molecular formula is C21H16ClFN2O3. The van der Waals surface area contributed by atoms with Crippen LogP contribution in [0.15, 0.2) is 72.8 Å². The Morgan fingerprint density at radius 3 is 2.39 bits per heavy atom. The van der Waals surface area contributed by atoms with Gasteiger partial charge in [0.2, 0.25) is 0 Å². The first kappa shape index (κ1) is 19.4. The van der Waals surface area contributed by atoms with Crippen LogP contribution >= 0.6 is 11.6 Å². The van der Waals surface area contributed by atoms with Gasteiger partial charge in [0, 0.05) is 5.69 Å². The van der Waals surface area contributed by atoms with Crippen molar-refractivity contribution in [3.8, 4) is 5.75 Å². The lowest BCUT2D eigenvalue weighted by Crippen LogP contribution is -2.21. The van der Waals surface area contributed by atoms with Gasteiger partial charge in [-0.1, -0.05) is 41.9 Å². The molecule has 2 amide bonds. The van der Waals surface area contributed by atoms with Crippen molar-refractivity contribution in [3.63, 3.8) is 0 Å². The number of halogens is 2. The van der Waals surface area contributed by atoms with E-state index >= 15 is 0 Å². The number of anilines is 2. The number of nitrogens with one attached hydrogen (secondary N) is 2. The molecule has 0 atom stereocenters. The lowest BCUT2D eigenvalue weighted by molar-refractivity contribution is -0.118. The fourth-order valence-electron chi connectivity index (χ4n) is 2.42. The second-order valence-corrected chi connectivity index (χ2v) is 6.18. The Balaban J connectivity index is 1.64. The van der Waals surface area contributed by atoms with Crippen molar-refractivity contribution in [2.75, 3.05) is 17.2 Å². The van der Waals surface area contributed by atoms with Gasteiger partial charge in [0.25, 0.3) is 11.8 Å². The van der Waals surface area contributed by atoms with Crippen molar-refractivity contribution in [1.29, 1.82) is 0 Å². The van der Waals surface area contributed by atoms with Crippen LogP contribution in [0.1, 0.15) is 10.4 Å². The molecule has 0 unspecified atom stereocenters. The fourth-order valence-corrected chi connectivity index (χ4v) is 2.63. The molecular weight excluding hydrogens is 383 g/mol. The second-order valence-electron chi connectivity index (χ2n) is 5.78. The normalized spacial score (nSPS) is 10.2. The summed E-state index contributed by atoms with van der Waals surface area (Å²) >= 11 is 5.89. The highest BCUT2D eigenvalue weighted by molar-refractivity contribution is 6.33. The third kappa shape index (κ3) is 5.08. The van der Waals surface area contributed by atoms with Gasteiger partial charge in [0.1, 0.15) is 11.6 Å². The molecule has 0 saturated carbocycles. The Morgan fingerprint density at radius 1 is 0.929 bits per heavy atom. The first-order valence-corrected chi connectivity index (χ1v) is 8.74. The predicted molar refractivity (Wildman–Crippen MR) is 106 cm³/mol. The maximum atomic E-state index is 13.1. The molecule has 0 aliphatic carbocycles. The summed E-state index contributed by atoms with van der Waals surface area (Å²) in [5, 5.41) is 5.38. The van der Waals surface area contributed by atoms with E-state index in [2.05, 4.69) is 10.6 Å². The third-order valence-corrected chi connectivity index (χ3v) is 4.04. The smallest absolute Gasteiger partial charge is 0.262 e. The SMILES string of the molecule is O=C(COc1ccccc1C(=O)Nc1ccccc1)Nc1ccc(F)cc1Cl. The molecule has 0 aromatic heterocycles. The summed E-state index contributed by atoms with van der Waals surface area (Å²) in [5.74, 6) is -1.09. The summed E-state index contributed by atoms with van der Waals surface area (Å²) in [6.45, 7) is -0.344. The van der Waals surface area contributed by atoms with E-state index in [4.69, 9.17) is 16.3 Å². The van der Waals surface area contributed by atoms with Crippen molar-refractivity contribution in [2.45, 2.75) is 0 Å². The molecule has 3 aromatic carbocycles. The Labute approximate surface area is 166 Å². The summed E-state index contributed by atoms with van der Waals surface area (Å²) in [4.78, 5) is 24.6. The van der Waals surface area contributed by atoms with Crippen LogP contribution in [0.25, 0.3) is 0 Å². The largest absolute Gasteiger partial charge is 0.483 e. The average molecular weight is 399 g/mol. The Morgan fingerprint density at radius 2 is 1.64 bits per heavy atom. The molecule has 0 heterocycles. The van der Waals surface area contributed by atoms with Gasteiger partial charge in [-0.3, -0.25) is 9.59 Å². The lowest BCUT2D eigenvalue weighted by Gasteiger charge is -2.12. The van der Waals surface area contributed by atoms with Crippen LogP contribution < -0.4 is 15.4 Å². The van der Waals surface area contributed by atoms with Crippen LogP contribution in [0.4, 0.5) is 15.8 Å². The minimum Gasteiger partial charge on any atom is -0.483 e. The van der Waals surface area contributed by atoms with Crippen molar-refractivity contribution >= 4 is 34.8 Å². The highest BCUT2D eigenvalue weighted by atomic mass is 35.5. The number of rotatable bonds is 6. The first-order chi connectivity index (χ1) is 13.5. The zero-order valence-electron chi connectivity index (χ0n) is 14.6. The summed E-state index contributed by atoms with van der Waals surface area (Å²) < 4.78 is 18.6. The van der Waals surface area contributed by atoms with Crippen LogP contribution in [0, 0.1) is 5.82 Å². The molecule has 5 nitrogen and oxygen atoms in total. The number of ether oxygens (including phenoxy) is 1. The molecule has 28 heavy (non-hydrogen) atoms. The van der Waals surface area contributed by atoms with Gasteiger partial charge in [-0.05, 0) is 42.5 Å². The molecule has 0 fully saturated rings. The average Bonchev–Trinajstić information content (AvgIpc) is 2.69. The monoisotopic (exact) mass is 398 g/mol. The quantitative estimate of drug-likeness (QED) is 0.629. The standard InChI is InChI=1S/C21H16ClFN2O3/c22-17-12-14(23)10-11-18(17)25-20(26)13-28-19-9-5-4-8-16(19)21(27)24-15-6-2-1-3-7-15/h1-12H,13H2,(H,24,27)(H,25,26). The van der Waals surface area contributed by atoms with Gasteiger partial charge in [0.15, 0.2) is 6.61 Å². The molecule has 3 rings (SSSR count). The van der Waals surface area contributed by atoms with Gasteiger partial charge in [0.05, 0.1) is 16.3 Å². The van der Waals surface area contributed by atoms with Crippen LogP contribution in [-0.2, 0) is 4.79 Å². The second kappa shape index (κ2) is 9.01. The summed E-state index contributed by atoms with van der Waals surface area (Å²) in [7, 11) is 0. The van der Waals surface area contributed by atoms with E-state index in [1.165, 1.54) is 12.1 Å². The van der Waals surface area contributed by atoms with Crippen LogP contribution in [-0.4, -0.2) is 18.4 Å². The van der Waals surface area contributed by atoms with Crippen molar-refractivity contribution in [2.24, 2.45) is 0 Å². The highest BCUT2D eigenvalue weighted by Crippen LogP contribution is 2.23. The minimum absolute atomic E-state index is 0.0796. The van der Waals surface area contributed by atoms with E-state index in [0.717, 1.165) is 6.07 Å². The molecule has 0 radical (unpaired) electrons. The Bertz CT molecular complexity index is 996. The number of carbonyl (C=O) groups excluding carboxylic acids is 2. The molecule has 0 bridgehead atoms. The number of carbonyl (C=O) groups is 2. The van der Waals surface area contributed by atoms with E-state index in [9.17, 15) is 14.0 Å². The first-order valence-electron chi connectivity index (χ1n) is 8.36. The molecule has 0 aliphatic rings. The zero-order valence-corrected chi connectivity index (χ0v) is 15.4. The molecule has 3 aromatic rings. The number of benzene rings is 3. The van der Waals surface area contributed by atoms with Crippen LogP contribution in [0.5, 0.6) is 5.75 Å². The summed E-state index contributed by atoms with van der Waals surface area (Å²) in [5.41, 5.74) is 1.21. The fraction of sp³-hybridized carbons (Fsp3) is 0.0476. The Hall–Kier alpha value is -3.38. The van der Waals surface area contributed by atoms with E-state index in [0.29, 0.717) is 11.3 Å². The number of hydrogen-bond donors (Lipinski definition) is 2. The third-order valence-electron chi connectivity index (χ3n) is 3.73. The molecule has 0 saturated heterocycles. The predicted octanol–water partition coefficient (Wildman–Crippen LogP) is 4.75. The molecule has 7 heteroatoms. The van der Waals surface area contributed by atoms with Crippen molar-refractivity contribution < 1.29 is 18.7 Å². The Kier molecular flexibility index (Phi) is 6.24. The van der Waals surface area contributed by atoms with Gasteiger partial charge in [-0.15, -0.1) is 0 Å². The van der Waals surface area contributed by atoms with E-state index in [1.807, 2.05) is 18.2 Å². The number of amides is 2. The van der Waals surface area contributed by atoms with Gasteiger partial charge in [-0.2, -0.15) is 0 Å². The maximum absolute atomic E-state index is 13.1. The van der Waals surface area contributed by atoms with Crippen molar-refractivity contribution in [3.05, 3.63) is 89.2 Å². The van der Waals surface area contributed by atoms with Gasteiger partial charge in [-0.25, -0.2) is 4.39 Å². The van der Waals surface area contributed by atoms with E-state index in [1.54, 1.807) is 36.4 Å². The van der Waals surface area contributed by atoms with Gasteiger partial charge < -0.3 is 15.4 Å². The van der Waals surface area contributed by atoms with Crippen LogP contribution in [0.2, 0.25) is 5.02 Å². The maximum Gasteiger partial charge on any atom is 0.262 e. The summed E-state index contributed by atoms with van der Waals surface area (Å²) in [6.07, 6.45) is 0.